The first-order chi connectivity index (χ1) is 4.36. The molecule has 1 aliphatic rings. The molecule has 0 aromatic rings. The lowest BCUT2D eigenvalue weighted by molar-refractivity contribution is 0.317. The van der Waals surface area contributed by atoms with E-state index in [1.807, 2.05) is 0 Å². The summed E-state index contributed by atoms with van der Waals surface area (Å²) in [4.78, 5) is 0. The Morgan fingerprint density at radius 2 is 2.56 bits per heavy atom. The summed E-state index contributed by atoms with van der Waals surface area (Å²) < 4.78 is 0. The molecule has 0 aromatic heterocycles. The van der Waals surface area contributed by atoms with Crippen LogP contribution >= 0.6 is 11.6 Å². The molecule has 1 fully saturated rings. The second kappa shape index (κ2) is 3.06. The van der Waals surface area contributed by atoms with E-state index in [1.165, 1.54) is 0 Å². The third kappa shape index (κ3) is 1.58. The van der Waals surface area contributed by atoms with Crippen molar-refractivity contribution in [3.05, 3.63) is 0 Å². The van der Waals surface area contributed by atoms with Crippen LogP contribution in [0, 0.1) is 5.92 Å². The maximum Gasteiger partial charge on any atom is 0.0574 e. The average molecular weight is 148 g/mol. The van der Waals surface area contributed by atoms with Crippen LogP contribution in [0.3, 0.4) is 0 Å². The fourth-order valence-electron chi connectivity index (χ4n) is 1.13. The van der Waals surface area contributed by atoms with E-state index in [9.17, 15) is 0 Å². The minimum absolute atomic E-state index is 0.553. The first-order valence-corrected chi connectivity index (χ1v) is 3.66. The second-order valence-corrected chi connectivity index (χ2v) is 2.74. The van der Waals surface area contributed by atoms with E-state index in [0.29, 0.717) is 11.8 Å². The standard InChI is InChI=1S/C6H10ClNO/c7-4-5-1-2-6(3-5)8-9/h5,9H,1-4H2/b8-6+. The molecule has 0 amide bonds. The smallest absolute Gasteiger partial charge is 0.0574 e. The highest BCUT2D eigenvalue weighted by Gasteiger charge is 2.19. The number of halogens is 1. The zero-order valence-corrected chi connectivity index (χ0v) is 5.93. The van der Waals surface area contributed by atoms with Gasteiger partial charge in [0.15, 0.2) is 0 Å². The number of rotatable bonds is 1. The van der Waals surface area contributed by atoms with Gasteiger partial charge in [0.05, 0.1) is 5.71 Å². The van der Waals surface area contributed by atoms with Crippen LogP contribution in [-0.2, 0) is 0 Å². The third-order valence-corrected chi connectivity index (χ3v) is 2.16. The lowest BCUT2D eigenvalue weighted by Crippen LogP contribution is -1.95. The van der Waals surface area contributed by atoms with Crippen LogP contribution < -0.4 is 0 Å². The highest BCUT2D eigenvalue weighted by molar-refractivity contribution is 6.18. The summed E-state index contributed by atoms with van der Waals surface area (Å²) in [7, 11) is 0. The zero-order valence-electron chi connectivity index (χ0n) is 5.18. The zero-order chi connectivity index (χ0) is 6.69. The number of nitrogens with zero attached hydrogens (tertiary/aromatic N) is 1. The van der Waals surface area contributed by atoms with Crippen molar-refractivity contribution < 1.29 is 5.21 Å². The first-order valence-electron chi connectivity index (χ1n) is 3.12. The van der Waals surface area contributed by atoms with Crippen molar-refractivity contribution in [2.75, 3.05) is 5.88 Å². The molecule has 0 aliphatic heterocycles. The quantitative estimate of drug-likeness (QED) is 0.343. The molecule has 0 spiro atoms. The summed E-state index contributed by atoms with van der Waals surface area (Å²) in [5.41, 5.74) is 0.903. The van der Waals surface area contributed by atoms with Crippen molar-refractivity contribution in [2.45, 2.75) is 19.3 Å². The molecule has 1 aliphatic carbocycles. The largest absolute Gasteiger partial charge is 0.411 e. The summed E-state index contributed by atoms with van der Waals surface area (Å²) in [6, 6.07) is 0. The molecule has 1 N–H and O–H groups in total. The maximum atomic E-state index is 8.32. The lowest BCUT2D eigenvalue weighted by Gasteiger charge is -1.97. The Morgan fingerprint density at radius 1 is 1.78 bits per heavy atom. The van der Waals surface area contributed by atoms with Crippen LogP contribution in [0.4, 0.5) is 0 Å². The average Bonchev–Trinajstić information content (AvgIpc) is 2.34. The van der Waals surface area contributed by atoms with E-state index < -0.39 is 0 Å². The van der Waals surface area contributed by atoms with Gasteiger partial charge in [-0.05, 0) is 25.2 Å². The summed E-state index contributed by atoms with van der Waals surface area (Å²) >= 11 is 5.59. The predicted octanol–water partition coefficient (Wildman–Crippen LogP) is 1.86. The minimum atomic E-state index is 0.553. The van der Waals surface area contributed by atoms with Crippen molar-refractivity contribution in [3.8, 4) is 0 Å². The highest BCUT2D eigenvalue weighted by Crippen LogP contribution is 2.23. The van der Waals surface area contributed by atoms with Gasteiger partial charge in [-0.1, -0.05) is 5.16 Å². The van der Waals surface area contributed by atoms with Crippen LogP contribution in [0.15, 0.2) is 5.16 Å². The van der Waals surface area contributed by atoms with E-state index in [1.54, 1.807) is 0 Å². The summed E-state index contributed by atoms with van der Waals surface area (Å²) in [5, 5.41) is 11.5. The van der Waals surface area contributed by atoms with E-state index in [-0.39, 0.29) is 0 Å². The normalized spacial score (nSPS) is 31.7. The van der Waals surface area contributed by atoms with Crippen molar-refractivity contribution in [3.63, 3.8) is 0 Å². The van der Waals surface area contributed by atoms with Gasteiger partial charge in [0.1, 0.15) is 0 Å². The summed E-state index contributed by atoms with van der Waals surface area (Å²) in [6.07, 6.45) is 2.90. The molecule has 9 heavy (non-hydrogen) atoms. The molecule has 0 bridgehead atoms. The molecule has 1 atom stereocenters. The van der Waals surface area contributed by atoms with Crippen LogP contribution in [0.25, 0.3) is 0 Å². The molecule has 3 heteroatoms. The van der Waals surface area contributed by atoms with E-state index in [0.717, 1.165) is 25.0 Å². The predicted molar refractivity (Wildman–Crippen MR) is 37.3 cm³/mol. The van der Waals surface area contributed by atoms with Crippen molar-refractivity contribution in [1.82, 2.24) is 0 Å². The monoisotopic (exact) mass is 147 g/mol. The summed E-state index contributed by atoms with van der Waals surface area (Å²) in [6.45, 7) is 0. The first kappa shape index (κ1) is 6.87. The SMILES string of the molecule is O/N=C1\CCC(CCl)C1. The second-order valence-electron chi connectivity index (χ2n) is 2.43. The molecular formula is C6H10ClNO. The van der Waals surface area contributed by atoms with Gasteiger partial charge in [-0.3, -0.25) is 0 Å². The fourth-order valence-corrected chi connectivity index (χ4v) is 1.39. The molecule has 0 aromatic carbocycles. The minimum Gasteiger partial charge on any atom is -0.411 e. The number of alkyl halides is 1. The molecular weight excluding hydrogens is 138 g/mol. The molecule has 0 heterocycles. The van der Waals surface area contributed by atoms with Gasteiger partial charge >= 0.3 is 0 Å². The third-order valence-electron chi connectivity index (χ3n) is 1.73. The summed E-state index contributed by atoms with van der Waals surface area (Å²) in [5.74, 6) is 1.25. The molecule has 1 saturated carbocycles. The van der Waals surface area contributed by atoms with E-state index >= 15 is 0 Å². The van der Waals surface area contributed by atoms with E-state index in [4.69, 9.17) is 16.8 Å². The van der Waals surface area contributed by atoms with E-state index in [2.05, 4.69) is 5.16 Å². The Bertz CT molecular complexity index is 124. The number of oxime groups is 1. The Hall–Kier alpha value is -0.240. The maximum absolute atomic E-state index is 8.32. The molecule has 2 nitrogen and oxygen atoms in total. The number of hydrogen-bond acceptors (Lipinski definition) is 2. The van der Waals surface area contributed by atoms with Crippen molar-refractivity contribution in [1.29, 1.82) is 0 Å². The lowest BCUT2D eigenvalue weighted by atomic mass is 10.1. The van der Waals surface area contributed by atoms with Crippen LogP contribution in [0.5, 0.6) is 0 Å². The van der Waals surface area contributed by atoms with Crippen molar-refractivity contribution >= 4 is 17.3 Å². The van der Waals surface area contributed by atoms with Crippen molar-refractivity contribution in [2.24, 2.45) is 11.1 Å². The molecule has 0 saturated heterocycles. The van der Waals surface area contributed by atoms with Gasteiger partial charge in [-0.2, -0.15) is 0 Å². The Morgan fingerprint density at radius 3 is 2.89 bits per heavy atom. The Labute approximate surface area is 59.5 Å². The molecule has 1 unspecified atom stereocenters. The molecule has 52 valence electrons. The topological polar surface area (TPSA) is 32.6 Å². The van der Waals surface area contributed by atoms with Crippen LogP contribution in [0.2, 0.25) is 0 Å². The van der Waals surface area contributed by atoms with Gasteiger partial charge in [0.25, 0.3) is 0 Å². The van der Waals surface area contributed by atoms with Gasteiger partial charge in [-0.15, -0.1) is 11.6 Å². The van der Waals surface area contributed by atoms with Crippen LogP contribution in [-0.4, -0.2) is 16.8 Å². The Kier molecular flexibility index (Phi) is 2.34. The van der Waals surface area contributed by atoms with Gasteiger partial charge in [0, 0.05) is 5.88 Å². The van der Waals surface area contributed by atoms with Crippen LogP contribution in [0.1, 0.15) is 19.3 Å². The van der Waals surface area contributed by atoms with Gasteiger partial charge < -0.3 is 5.21 Å². The van der Waals surface area contributed by atoms with Gasteiger partial charge in [-0.25, -0.2) is 0 Å². The molecule has 0 radical (unpaired) electrons. The number of hydrogen-bond donors (Lipinski definition) is 1. The Balaban J connectivity index is 2.38. The van der Waals surface area contributed by atoms with Gasteiger partial charge in [0.2, 0.25) is 0 Å². The fraction of sp³-hybridized carbons (Fsp3) is 0.833. The molecule has 1 rings (SSSR count). The highest BCUT2D eigenvalue weighted by atomic mass is 35.5.